The maximum Gasteiger partial charge on any atom is 0.346 e. The first-order valence-corrected chi connectivity index (χ1v) is 8.56. The maximum absolute atomic E-state index is 11.2. The van der Waals surface area contributed by atoms with Crippen LogP contribution < -0.4 is 5.32 Å². The number of carbonyl (C=O) groups is 1. The Hall–Kier alpha value is -0.870. The van der Waals surface area contributed by atoms with Crippen LogP contribution in [0.5, 0.6) is 0 Å². The fraction of sp³-hybridized carbons (Fsp3) is 0.688. The van der Waals surface area contributed by atoms with Gasteiger partial charge in [0.2, 0.25) is 0 Å². The maximum atomic E-state index is 11.2. The zero-order valence-electron chi connectivity index (χ0n) is 11.6. The van der Waals surface area contributed by atoms with Crippen molar-refractivity contribution in [1.29, 1.82) is 0 Å². The van der Waals surface area contributed by atoms with Crippen LogP contribution in [0.3, 0.4) is 0 Å². The Morgan fingerprint density at radius 2 is 1.85 bits per heavy atom. The van der Waals surface area contributed by atoms with Gasteiger partial charge in [-0.15, -0.1) is 11.3 Å². The Bertz CT molecular complexity index is 501. The van der Waals surface area contributed by atoms with E-state index in [2.05, 4.69) is 5.32 Å². The average Bonchev–Trinajstić information content (AvgIpc) is 2.83. The Morgan fingerprint density at radius 3 is 2.40 bits per heavy atom. The molecule has 4 aliphatic rings. The highest BCUT2D eigenvalue weighted by atomic mass is 32.1. The minimum absolute atomic E-state index is 0.312. The van der Waals surface area contributed by atoms with Gasteiger partial charge in [0.05, 0.1) is 0 Å². The van der Waals surface area contributed by atoms with E-state index in [0.29, 0.717) is 10.4 Å². The molecule has 2 N–H and O–H groups in total. The highest BCUT2D eigenvalue weighted by Gasteiger charge is 2.50. The summed E-state index contributed by atoms with van der Waals surface area (Å²) >= 11 is 1.34. The second kappa shape index (κ2) is 4.57. The van der Waals surface area contributed by atoms with Crippen molar-refractivity contribution < 1.29 is 9.90 Å². The van der Waals surface area contributed by atoms with Gasteiger partial charge in [-0.1, -0.05) is 0 Å². The Morgan fingerprint density at radius 1 is 1.25 bits per heavy atom. The number of carboxylic acid groups (broad SMARTS) is 1. The summed E-state index contributed by atoms with van der Waals surface area (Å²) in [6.45, 7) is 0.720. The van der Waals surface area contributed by atoms with Crippen LogP contribution in [0.1, 0.15) is 53.8 Å². The topological polar surface area (TPSA) is 49.3 Å². The number of thiophene rings is 1. The predicted octanol–water partition coefficient (Wildman–Crippen LogP) is 3.50. The zero-order valence-corrected chi connectivity index (χ0v) is 12.4. The van der Waals surface area contributed by atoms with E-state index in [1.165, 1.54) is 49.9 Å². The van der Waals surface area contributed by atoms with E-state index in [1.54, 1.807) is 0 Å². The Labute approximate surface area is 123 Å². The minimum Gasteiger partial charge on any atom is -0.477 e. The van der Waals surface area contributed by atoms with E-state index in [4.69, 9.17) is 0 Å². The molecule has 0 aromatic carbocycles. The smallest absolute Gasteiger partial charge is 0.346 e. The van der Waals surface area contributed by atoms with Crippen molar-refractivity contribution in [3.8, 4) is 0 Å². The summed E-state index contributed by atoms with van der Waals surface area (Å²) in [5.74, 6) is 1.99. The summed E-state index contributed by atoms with van der Waals surface area (Å²) in [5, 5.41) is 14.9. The first kappa shape index (κ1) is 12.8. The monoisotopic (exact) mass is 291 g/mol. The quantitative estimate of drug-likeness (QED) is 0.892. The number of carboxylic acids is 1. The zero-order chi connectivity index (χ0) is 13.7. The van der Waals surface area contributed by atoms with Crippen molar-refractivity contribution in [2.75, 3.05) is 0 Å². The normalized spacial score (nSPS) is 38.3. The van der Waals surface area contributed by atoms with E-state index in [1.807, 2.05) is 11.4 Å². The fourth-order valence-electron chi connectivity index (χ4n) is 5.27. The molecule has 0 radical (unpaired) electrons. The standard InChI is InChI=1S/C16H21NO2S/c18-15(19)14-13(1-2-20-14)9-17-16-6-10-3-11(7-16)5-12(4-10)8-16/h1-2,10-12,17H,3-9H2,(H,18,19). The molecule has 1 aromatic rings. The molecule has 20 heavy (non-hydrogen) atoms. The molecule has 1 aromatic heterocycles. The number of rotatable bonds is 4. The van der Waals surface area contributed by atoms with E-state index >= 15 is 0 Å². The van der Waals surface area contributed by atoms with E-state index in [-0.39, 0.29) is 0 Å². The van der Waals surface area contributed by atoms with Crippen LogP contribution in [0.15, 0.2) is 11.4 Å². The first-order valence-electron chi connectivity index (χ1n) is 7.68. The molecule has 0 atom stereocenters. The minimum atomic E-state index is -0.790. The van der Waals surface area contributed by atoms with Crippen molar-refractivity contribution in [2.24, 2.45) is 17.8 Å². The fourth-order valence-corrected chi connectivity index (χ4v) is 6.03. The summed E-state index contributed by atoms with van der Waals surface area (Å²) in [6.07, 6.45) is 8.27. The SMILES string of the molecule is O=C(O)c1sccc1CNC12CC3CC(CC(C3)C1)C2. The number of hydrogen-bond donors (Lipinski definition) is 2. The van der Waals surface area contributed by atoms with Gasteiger partial charge >= 0.3 is 5.97 Å². The van der Waals surface area contributed by atoms with E-state index in [9.17, 15) is 9.90 Å². The van der Waals surface area contributed by atoms with Crippen molar-refractivity contribution in [1.82, 2.24) is 5.32 Å². The van der Waals surface area contributed by atoms with Crippen LogP contribution in [0, 0.1) is 17.8 Å². The van der Waals surface area contributed by atoms with Gasteiger partial charge in [-0.05, 0) is 73.3 Å². The molecule has 4 fully saturated rings. The lowest BCUT2D eigenvalue weighted by molar-refractivity contribution is -0.0206. The van der Waals surface area contributed by atoms with Gasteiger partial charge in [0.1, 0.15) is 4.88 Å². The third-order valence-electron chi connectivity index (χ3n) is 5.63. The molecule has 3 nitrogen and oxygen atoms in total. The highest BCUT2D eigenvalue weighted by molar-refractivity contribution is 7.12. The second-order valence-corrected chi connectivity index (χ2v) is 8.05. The molecule has 0 amide bonds. The predicted molar refractivity (Wildman–Crippen MR) is 79.0 cm³/mol. The van der Waals surface area contributed by atoms with Gasteiger partial charge in [-0.3, -0.25) is 0 Å². The Balaban J connectivity index is 1.49. The van der Waals surface area contributed by atoms with Crippen LogP contribution in [0.25, 0.3) is 0 Å². The third-order valence-corrected chi connectivity index (χ3v) is 6.58. The third kappa shape index (κ3) is 2.09. The number of aromatic carboxylic acids is 1. The molecule has 0 saturated heterocycles. The summed E-state index contributed by atoms with van der Waals surface area (Å²) in [6, 6.07) is 1.96. The van der Waals surface area contributed by atoms with Crippen LogP contribution in [0.4, 0.5) is 0 Å². The molecule has 4 bridgehead atoms. The van der Waals surface area contributed by atoms with Crippen molar-refractivity contribution in [3.05, 3.63) is 21.9 Å². The summed E-state index contributed by atoms with van der Waals surface area (Å²) < 4.78 is 0. The summed E-state index contributed by atoms with van der Waals surface area (Å²) in [4.78, 5) is 11.7. The van der Waals surface area contributed by atoms with Crippen molar-refractivity contribution >= 4 is 17.3 Å². The molecule has 4 aliphatic carbocycles. The highest BCUT2D eigenvalue weighted by Crippen LogP contribution is 2.55. The number of nitrogens with one attached hydrogen (secondary N) is 1. The average molecular weight is 291 g/mol. The van der Waals surface area contributed by atoms with Gasteiger partial charge < -0.3 is 10.4 Å². The summed E-state index contributed by atoms with van der Waals surface area (Å²) in [7, 11) is 0. The molecular formula is C16H21NO2S. The molecule has 108 valence electrons. The van der Waals surface area contributed by atoms with Gasteiger partial charge in [0.25, 0.3) is 0 Å². The lowest BCUT2D eigenvalue weighted by Gasteiger charge is -2.57. The van der Waals surface area contributed by atoms with Crippen LogP contribution in [-0.4, -0.2) is 16.6 Å². The van der Waals surface area contributed by atoms with E-state index in [0.717, 1.165) is 29.9 Å². The van der Waals surface area contributed by atoms with Gasteiger partial charge in [0.15, 0.2) is 0 Å². The Kier molecular flexibility index (Phi) is 2.93. The van der Waals surface area contributed by atoms with Crippen molar-refractivity contribution in [3.63, 3.8) is 0 Å². The van der Waals surface area contributed by atoms with Crippen LogP contribution >= 0.6 is 11.3 Å². The molecule has 0 unspecified atom stereocenters. The lowest BCUT2D eigenvalue weighted by atomic mass is 9.53. The molecule has 4 heteroatoms. The van der Waals surface area contributed by atoms with Gasteiger partial charge in [0, 0.05) is 12.1 Å². The largest absolute Gasteiger partial charge is 0.477 e. The second-order valence-electron chi connectivity index (χ2n) is 7.13. The lowest BCUT2D eigenvalue weighted by Crippen LogP contribution is -2.58. The van der Waals surface area contributed by atoms with Crippen molar-refractivity contribution in [2.45, 2.75) is 50.6 Å². The molecule has 0 spiro atoms. The first-order chi connectivity index (χ1) is 9.63. The van der Waals surface area contributed by atoms with Gasteiger partial charge in [-0.25, -0.2) is 4.79 Å². The van der Waals surface area contributed by atoms with Gasteiger partial charge in [-0.2, -0.15) is 0 Å². The molecule has 5 rings (SSSR count). The molecule has 0 aliphatic heterocycles. The van der Waals surface area contributed by atoms with E-state index < -0.39 is 5.97 Å². The van der Waals surface area contributed by atoms with Crippen LogP contribution in [-0.2, 0) is 6.54 Å². The van der Waals surface area contributed by atoms with Crippen LogP contribution in [0.2, 0.25) is 0 Å². The summed E-state index contributed by atoms with van der Waals surface area (Å²) in [5.41, 5.74) is 1.27. The molecule has 1 heterocycles. The number of hydrogen-bond acceptors (Lipinski definition) is 3. The molecular weight excluding hydrogens is 270 g/mol. The molecule has 4 saturated carbocycles.